The molecule has 0 aliphatic heterocycles. The van der Waals surface area contributed by atoms with Crippen molar-refractivity contribution in [3.05, 3.63) is 16.9 Å². The van der Waals surface area contributed by atoms with Crippen LogP contribution < -0.4 is 5.73 Å². The predicted molar refractivity (Wildman–Crippen MR) is 71.7 cm³/mol. The highest BCUT2D eigenvalue weighted by molar-refractivity contribution is 6.31. The topological polar surface area (TPSA) is 62.3 Å². The van der Waals surface area contributed by atoms with Gasteiger partial charge in [-0.15, -0.1) is 0 Å². The van der Waals surface area contributed by atoms with Crippen LogP contribution in [0.3, 0.4) is 0 Å². The number of hydrogen-bond acceptors (Lipinski definition) is 4. The van der Waals surface area contributed by atoms with Gasteiger partial charge in [0.1, 0.15) is 0 Å². The Labute approximate surface area is 113 Å². The lowest BCUT2D eigenvalue weighted by atomic mass is 9.91. The molecule has 0 aromatic carbocycles. The highest BCUT2D eigenvalue weighted by Crippen LogP contribution is 2.33. The van der Waals surface area contributed by atoms with E-state index in [1.54, 1.807) is 25.1 Å². The Morgan fingerprint density at radius 1 is 1.56 bits per heavy atom. The minimum absolute atomic E-state index is 0.334. The third kappa shape index (κ3) is 3.03. The van der Waals surface area contributed by atoms with Crippen molar-refractivity contribution in [3.63, 3.8) is 0 Å². The van der Waals surface area contributed by atoms with E-state index in [4.69, 9.17) is 26.8 Å². The van der Waals surface area contributed by atoms with Crippen molar-refractivity contribution >= 4 is 11.6 Å². The highest BCUT2D eigenvalue weighted by atomic mass is 35.5. The van der Waals surface area contributed by atoms with E-state index in [1.807, 2.05) is 13.8 Å². The number of hydrogen-bond donors (Lipinski definition) is 1. The zero-order valence-electron chi connectivity index (χ0n) is 11.4. The monoisotopic (exact) mass is 275 g/mol. The smallest absolute Gasteiger partial charge is 0.0855 e. The zero-order chi connectivity index (χ0) is 13.8. The van der Waals surface area contributed by atoms with Gasteiger partial charge in [-0.05, 0) is 13.3 Å². The van der Waals surface area contributed by atoms with Gasteiger partial charge in [-0.1, -0.05) is 18.5 Å². The zero-order valence-corrected chi connectivity index (χ0v) is 12.2. The number of nitrogens with two attached hydrogens (primary N) is 1. The fourth-order valence-electron chi connectivity index (χ4n) is 1.82. The number of halogens is 1. The minimum Gasteiger partial charge on any atom is -0.383 e. The molecule has 0 radical (unpaired) electrons. The standard InChI is InChI=1S/C12H22ClN3O2/c1-5-12(2,18-4)11(14)10-9(13)8-15-16(10)6-7-17-3/h8,11H,5-7,14H2,1-4H3. The number of nitrogens with zero attached hydrogens (tertiary/aromatic N) is 2. The third-order valence-electron chi connectivity index (χ3n) is 3.46. The summed E-state index contributed by atoms with van der Waals surface area (Å²) in [4.78, 5) is 0. The second-order valence-electron chi connectivity index (χ2n) is 4.44. The molecule has 104 valence electrons. The van der Waals surface area contributed by atoms with Gasteiger partial charge in [0, 0.05) is 14.2 Å². The molecule has 0 bridgehead atoms. The van der Waals surface area contributed by atoms with Crippen molar-refractivity contribution in [1.82, 2.24) is 9.78 Å². The summed E-state index contributed by atoms with van der Waals surface area (Å²) in [5, 5.41) is 4.79. The van der Waals surface area contributed by atoms with E-state index in [1.165, 1.54) is 0 Å². The van der Waals surface area contributed by atoms with Crippen LogP contribution in [-0.2, 0) is 16.0 Å². The predicted octanol–water partition coefficient (Wildman–Crippen LogP) is 2.00. The van der Waals surface area contributed by atoms with E-state index in [0.29, 0.717) is 18.2 Å². The quantitative estimate of drug-likeness (QED) is 0.827. The average Bonchev–Trinajstić information content (AvgIpc) is 2.75. The first kappa shape index (κ1) is 15.4. The summed E-state index contributed by atoms with van der Waals surface area (Å²) in [5.41, 5.74) is 6.63. The van der Waals surface area contributed by atoms with E-state index in [-0.39, 0.29) is 6.04 Å². The molecule has 0 aliphatic rings. The van der Waals surface area contributed by atoms with E-state index < -0.39 is 5.60 Å². The Hall–Kier alpha value is -0.620. The molecule has 2 atom stereocenters. The molecule has 0 saturated carbocycles. The molecule has 5 nitrogen and oxygen atoms in total. The Balaban J connectivity index is 3.03. The van der Waals surface area contributed by atoms with Crippen LogP contribution in [0, 0.1) is 0 Å². The van der Waals surface area contributed by atoms with E-state index in [9.17, 15) is 0 Å². The first-order valence-corrected chi connectivity index (χ1v) is 6.38. The van der Waals surface area contributed by atoms with Crippen LogP contribution in [0.15, 0.2) is 6.20 Å². The molecule has 0 amide bonds. The van der Waals surface area contributed by atoms with Gasteiger partial charge < -0.3 is 15.2 Å². The van der Waals surface area contributed by atoms with Crippen molar-refractivity contribution in [3.8, 4) is 0 Å². The molecule has 1 aromatic heterocycles. The van der Waals surface area contributed by atoms with Crippen LogP contribution in [0.1, 0.15) is 32.0 Å². The highest BCUT2D eigenvalue weighted by Gasteiger charge is 2.34. The second-order valence-corrected chi connectivity index (χ2v) is 4.85. The SMILES string of the molecule is CCC(C)(OC)C(N)c1c(Cl)cnn1CCOC. The molecule has 0 aliphatic carbocycles. The van der Waals surface area contributed by atoms with Crippen LogP contribution in [0.5, 0.6) is 0 Å². The normalized spacial score (nSPS) is 16.6. The summed E-state index contributed by atoms with van der Waals surface area (Å²) in [5.74, 6) is 0. The molecule has 0 fully saturated rings. The lowest BCUT2D eigenvalue weighted by Gasteiger charge is -2.33. The summed E-state index contributed by atoms with van der Waals surface area (Å²) in [6.07, 6.45) is 2.40. The van der Waals surface area contributed by atoms with Crippen LogP contribution in [-0.4, -0.2) is 36.2 Å². The molecule has 1 heterocycles. The molecule has 1 rings (SSSR count). The maximum absolute atomic E-state index is 6.30. The molecule has 2 unspecified atom stereocenters. The molecular weight excluding hydrogens is 254 g/mol. The Bertz CT molecular complexity index is 377. The van der Waals surface area contributed by atoms with E-state index in [2.05, 4.69) is 5.10 Å². The van der Waals surface area contributed by atoms with Gasteiger partial charge in [0.05, 0.1) is 41.7 Å². The lowest BCUT2D eigenvalue weighted by molar-refractivity contribution is -0.0217. The minimum atomic E-state index is -0.464. The van der Waals surface area contributed by atoms with Crippen LogP contribution in [0.2, 0.25) is 5.02 Å². The molecule has 6 heteroatoms. The van der Waals surface area contributed by atoms with Crippen molar-refractivity contribution in [2.75, 3.05) is 20.8 Å². The molecule has 0 saturated heterocycles. The molecule has 0 spiro atoms. The summed E-state index contributed by atoms with van der Waals surface area (Å²) >= 11 is 6.18. The fraction of sp³-hybridized carbons (Fsp3) is 0.750. The van der Waals surface area contributed by atoms with Crippen molar-refractivity contribution in [2.45, 2.75) is 38.5 Å². The Kier molecular flexibility index (Phi) is 5.59. The second kappa shape index (κ2) is 6.52. The molecular formula is C12H22ClN3O2. The van der Waals surface area contributed by atoms with Crippen LogP contribution in [0.4, 0.5) is 0 Å². The van der Waals surface area contributed by atoms with E-state index in [0.717, 1.165) is 12.1 Å². The largest absolute Gasteiger partial charge is 0.383 e. The maximum atomic E-state index is 6.30. The average molecular weight is 276 g/mol. The van der Waals surface area contributed by atoms with Crippen molar-refractivity contribution < 1.29 is 9.47 Å². The van der Waals surface area contributed by atoms with Gasteiger partial charge in [-0.3, -0.25) is 4.68 Å². The summed E-state index contributed by atoms with van der Waals surface area (Å²) < 4.78 is 12.4. The first-order chi connectivity index (χ1) is 8.50. The van der Waals surface area contributed by atoms with Gasteiger partial charge in [0.25, 0.3) is 0 Å². The van der Waals surface area contributed by atoms with Gasteiger partial charge in [0.15, 0.2) is 0 Å². The molecule has 18 heavy (non-hydrogen) atoms. The van der Waals surface area contributed by atoms with Gasteiger partial charge >= 0.3 is 0 Å². The van der Waals surface area contributed by atoms with Gasteiger partial charge in [-0.25, -0.2) is 0 Å². The van der Waals surface area contributed by atoms with Crippen molar-refractivity contribution in [2.24, 2.45) is 5.73 Å². The number of rotatable bonds is 7. The van der Waals surface area contributed by atoms with Gasteiger partial charge in [0.2, 0.25) is 0 Å². The number of aromatic nitrogens is 2. The maximum Gasteiger partial charge on any atom is 0.0855 e. The summed E-state index contributed by atoms with van der Waals surface area (Å²) in [6.45, 7) is 5.19. The Morgan fingerprint density at radius 2 is 2.22 bits per heavy atom. The van der Waals surface area contributed by atoms with E-state index >= 15 is 0 Å². The summed E-state index contributed by atoms with van der Waals surface area (Å²) in [7, 11) is 3.31. The number of ether oxygens (including phenoxy) is 2. The molecule has 1 aromatic rings. The number of methoxy groups -OCH3 is 2. The fourth-order valence-corrected chi connectivity index (χ4v) is 2.08. The Morgan fingerprint density at radius 3 is 2.72 bits per heavy atom. The van der Waals surface area contributed by atoms with Crippen LogP contribution in [0.25, 0.3) is 0 Å². The van der Waals surface area contributed by atoms with Crippen molar-refractivity contribution in [1.29, 1.82) is 0 Å². The first-order valence-electron chi connectivity index (χ1n) is 6.01. The van der Waals surface area contributed by atoms with Gasteiger partial charge in [-0.2, -0.15) is 5.10 Å². The molecule has 2 N–H and O–H groups in total. The van der Waals surface area contributed by atoms with Crippen LogP contribution >= 0.6 is 11.6 Å². The lowest BCUT2D eigenvalue weighted by Crippen LogP contribution is -2.41. The third-order valence-corrected chi connectivity index (χ3v) is 3.75. The summed E-state index contributed by atoms with van der Waals surface area (Å²) in [6, 6.07) is -0.334.